The molecule has 90 valence electrons. The zero-order valence-corrected chi connectivity index (χ0v) is 10.1. The molecule has 1 aromatic carbocycles. The van der Waals surface area contributed by atoms with Gasteiger partial charge in [-0.2, -0.15) is 0 Å². The van der Waals surface area contributed by atoms with Crippen LogP contribution in [0.4, 0.5) is 5.88 Å². The van der Waals surface area contributed by atoms with Crippen LogP contribution in [0.1, 0.15) is 18.4 Å². The van der Waals surface area contributed by atoms with E-state index in [0.29, 0.717) is 6.04 Å². The van der Waals surface area contributed by atoms with Crippen LogP contribution in [0.25, 0.3) is 11.0 Å². The number of hydrogen-bond donors (Lipinski definition) is 1. The zero-order valence-electron chi connectivity index (χ0n) is 10.1. The number of hydrogen-bond acceptors (Lipinski definition) is 3. The minimum Gasteiger partial charge on any atom is -0.441 e. The standard InChI is InChI=1S/C14H18N2O/c1-10-2-3-13-11(8-10)9-14(17-13)16-6-4-12(15)5-7-16/h2-3,8-9,12H,4-7,15H2,1H3. The lowest BCUT2D eigenvalue weighted by Gasteiger charge is -2.29. The lowest BCUT2D eigenvalue weighted by Crippen LogP contribution is -2.39. The van der Waals surface area contributed by atoms with Crippen LogP contribution in [0.15, 0.2) is 28.7 Å². The van der Waals surface area contributed by atoms with Gasteiger partial charge in [-0.05, 0) is 31.9 Å². The van der Waals surface area contributed by atoms with Crippen molar-refractivity contribution in [3.8, 4) is 0 Å². The van der Waals surface area contributed by atoms with Gasteiger partial charge in [-0.15, -0.1) is 0 Å². The van der Waals surface area contributed by atoms with E-state index in [1.807, 2.05) is 6.07 Å². The molecule has 0 amide bonds. The van der Waals surface area contributed by atoms with E-state index in [1.165, 1.54) is 10.9 Å². The third-order valence-electron chi connectivity index (χ3n) is 3.51. The Balaban J connectivity index is 1.90. The summed E-state index contributed by atoms with van der Waals surface area (Å²) in [5.41, 5.74) is 8.15. The molecule has 0 spiro atoms. The highest BCUT2D eigenvalue weighted by atomic mass is 16.4. The molecule has 3 nitrogen and oxygen atoms in total. The van der Waals surface area contributed by atoms with Gasteiger partial charge in [0.15, 0.2) is 5.88 Å². The molecule has 3 heteroatoms. The average molecular weight is 230 g/mol. The Kier molecular flexibility index (Phi) is 2.56. The summed E-state index contributed by atoms with van der Waals surface area (Å²) < 4.78 is 5.88. The number of nitrogens with two attached hydrogens (primary N) is 1. The van der Waals surface area contributed by atoms with Gasteiger partial charge in [0.05, 0.1) is 0 Å². The summed E-state index contributed by atoms with van der Waals surface area (Å²) >= 11 is 0. The van der Waals surface area contributed by atoms with E-state index in [0.717, 1.165) is 37.4 Å². The average Bonchev–Trinajstić information content (AvgIpc) is 2.72. The van der Waals surface area contributed by atoms with E-state index in [4.69, 9.17) is 10.2 Å². The molecule has 2 aromatic rings. The summed E-state index contributed by atoms with van der Waals surface area (Å²) in [5, 5.41) is 1.19. The van der Waals surface area contributed by atoms with Gasteiger partial charge in [0.25, 0.3) is 0 Å². The molecule has 1 saturated heterocycles. The SMILES string of the molecule is Cc1ccc2oc(N3CCC(N)CC3)cc2c1. The van der Waals surface area contributed by atoms with Crippen LogP contribution < -0.4 is 10.6 Å². The normalized spacial score (nSPS) is 17.9. The molecule has 0 radical (unpaired) electrons. The van der Waals surface area contributed by atoms with Crippen molar-refractivity contribution in [2.75, 3.05) is 18.0 Å². The zero-order chi connectivity index (χ0) is 11.8. The van der Waals surface area contributed by atoms with Crippen LogP contribution in [-0.4, -0.2) is 19.1 Å². The van der Waals surface area contributed by atoms with Crippen molar-refractivity contribution in [1.29, 1.82) is 0 Å². The fourth-order valence-corrected chi connectivity index (χ4v) is 2.42. The first kappa shape index (κ1) is 10.7. The molecule has 2 N–H and O–H groups in total. The van der Waals surface area contributed by atoms with E-state index < -0.39 is 0 Å². The topological polar surface area (TPSA) is 42.4 Å². The lowest BCUT2D eigenvalue weighted by molar-refractivity contribution is 0.472. The molecule has 1 aromatic heterocycles. The molecule has 17 heavy (non-hydrogen) atoms. The van der Waals surface area contributed by atoms with E-state index in [1.54, 1.807) is 0 Å². The van der Waals surface area contributed by atoms with Crippen molar-refractivity contribution in [1.82, 2.24) is 0 Å². The van der Waals surface area contributed by atoms with E-state index >= 15 is 0 Å². The van der Waals surface area contributed by atoms with Crippen LogP contribution in [0, 0.1) is 6.92 Å². The van der Waals surface area contributed by atoms with Gasteiger partial charge in [0.1, 0.15) is 5.58 Å². The van der Waals surface area contributed by atoms with Gasteiger partial charge < -0.3 is 15.1 Å². The highest BCUT2D eigenvalue weighted by Gasteiger charge is 2.18. The molecule has 1 aliphatic rings. The van der Waals surface area contributed by atoms with Gasteiger partial charge in [0.2, 0.25) is 0 Å². The number of nitrogens with zero attached hydrogens (tertiary/aromatic N) is 1. The monoisotopic (exact) mass is 230 g/mol. The van der Waals surface area contributed by atoms with Crippen LogP contribution in [0.5, 0.6) is 0 Å². The molecule has 3 rings (SSSR count). The fraction of sp³-hybridized carbons (Fsp3) is 0.429. The first-order chi connectivity index (χ1) is 8.22. The molecule has 0 atom stereocenters. The highest BCUT2D eigenvalue weighted by molar-refractivity contribution is 5.81. The van der Waals surface area contributed by atoms with E-state index in [-0.39, 0.29) is 0 Å². The Labute approximate surface area is 101 Å². The summed E-state index contributed by atoms with van der Waals surface area (Å²) in [5.74, 6) is 0.984. The number of piperidine rings is 1. The maximum absolute atomic E-state index is 5.91. The van der Waals surface area contributed by atoms with Crippen molar-refractivity contribution in [2.24, 2.45) is 5.73 Å². The number of benzene rings is 1. The Morgan fingerprint density at radius 1 is 1.24 bits per heavy atom. The second kappa shape index (κ2) is 4.08. The Morgan fingerprint density at radius 2 is 2.00 bits per heavy atom. The molecule has 0 unspecified atom stereocenters. The Morgan fingerprint density at radius 3 is 2.76 bits per heavy atom. The summed E-state index contributed by atoms with van der Waals surface area (Å²) in [4.78, 5) is 2.29. The number of anilines is 1. The maximum Gasteiger partial charge on any atom is 0.196 e. The first-order valence-electron chi connectivity index (χ1n) is 6.23. The first-order valence-corrected chi connectivity index (χ1v) is 6.23. The Bertz CT molecular complexity index is 524. The quantitative estimate of drug-likeness (QED) is 0.819. The van der Waals surface area contributed by atoms with Crippen LogP contribution in [0.3, 0.4) is 0 Å². The van der Waals surface area contributed by atoms with Crippen LogP contribution >= 0.6 is 0 Å². The molecule has 1 fully saturated rings. The predicted octanol–water partition coefficient (Wildman–Crippen LogP) is 2.67. The molecular weight excluding hydrogens is 212 g/mol. The lowest BCUT2D eigenvalue weighted by atomic mass is 10.1. The van der Waals surface area contributed by atoms with Crippen LogP contribution in [0.2, 0.25) is 0 Å². The Hall–Kier alpha value is -1.48. The highest BCUT2D eigenvalue weighted by Crippen LogP contribution is 2.28. The van der Waals surface area contributed by atoms with Gasteiger partial charge in [0, 0.05) is 30.6 Å². The molecule has 0 bridgehead atoms. The second-order valence-corrected chi connectivity index (χ2v) is 4.95. The van der Waals surface area contributed by atoms with E-state index in [2.05, 4.69) is 30.0 Å². The number of aryl methyl sites for hydroxylation is 1. The minimum absolute atomic E-state index is 0.359. The molecular formula is C14H18N2O. The van der Waals surface area contributed by atoms with E-state index in [9.17, 15) is 0 Å². The van der Waals surface area contributed by atoms with Crippen molar-refractivity contribution >= 4 is 16.9 Å². The second-order valence-electron chi connectivity index (χ2n) is 4.95. The summed E-state index contributed by atoms with van der Waals surface area (Å²) in [7, 11) is 0. The fourth-order valence-electron chi connectivity index (χ4n) is 2.42. The number of furan rings is 1. The molecule has 0 saturated carbocycles. The van der Waals surface area contributed by atoms with Gasteiger partial charge in [-0.3, -0.25) is 0 Å². The molecule has 1 aliphatic heterocycles. The van der Waals surface area contributed by atoms with Gasteiger partial charge in [-0.25, -0.2) is 0 Å². The minimum atomic E-state index is 0.359. The van der Waals surface area contributed by atoms with Crippen molar-refractivity contribution in [2.45, 2.75) is 25.8 Å². The smallest absolute Gasteiger partial charge is 0.196 e. The summed E-state index contributed by atoms with van der Waals surface area (Å²) in [6.07, 6.45) is 2.10. The molecule has 2 heterocycles. The number of fused-ring (bicyclic) bond motifs is 1. The van der Waals surface area contributed by atoms with Crippen molar-refractivity contribution < 1.29 is 4.42 Å². The maximum atomic E-state index is 5.91. The largest absolute Gasteiger partial charge is 0.441 e. The van der Waals surface area contributed by atoms with Crippen molar-refractivity contribution in [3.63, 3.8) is 0 Å². The predicted molar refractivity (Wildman–Crippen MR) is 70.4 cm³/mol. The van der Waals surface area contributed by atoms with Crippen molar-refractivity contribution in [3.05, 3.63) is 29.8 Å². The summed E-state index contributed by atoms with van der Waals surface area (Å²) in [6, 6.07) is 8.79. The van der Waals surface area contributed by atoms with Gasteiger partial charge in [-0.1, -0.05) is 11.6 Å². The third kappa shape index (κ3) is 2.03. The van der Waals surface area contributed by atoms with Gasteiger partial charge >= 0.3 is 0 Å². The molecule has 0 aliphatic carbocycles. The van der Waals surface area contributed by atoms with Crippen LogP contribution in [-0.2, 0) is 0 Å². The summed E-state index contributed by atoms with van der Waals surface area (Å²) in [6.45, 7) is 4.10. The number of rotatable bonds is 1. The third-order valence-corrected chi connectivity index (χ3v) is 3.51.